The van der Waals surface area contributed by atoms with Crippen molar-refractivity contribution in [3.63, 3.8) is 0 Å². The second-order valence-corrected chi connectivity index (χ2v) is 8.65. The normalized spacial score (nSPS) is 22.9. The Hall–Kier alpha value is -2.93. The monoisotopic (exact) mass is 459 g/mol. The molecule has 0 fully saturated rings. The number of aryl methyl sites for hydroxylation is 1. The lowest BCUT2D eigenvalue weighted by Crippen LogP contribution is -2.55. The second kappa shape index (κ2) is 8.54. The van der Waals surface area contributed by atoms with Crippen molar-refractivity contribution in [2.45, 2.75) is 44.8 Å². The van der Waals surface area contributed by atoms with Gasteiger partial charge in [-0.2, -0.15) is 0 Å². The van der Waals surface area contributed by atoms with Crippen LogP contribution in [0.3, 0.4) is 0 Å². The van der Waals surface area contributed by atoms with E-state index >= 15 is 0 Å². The third-order valence-electron chi connectivity index (χ3n) is 6.15. The Balaban J connectivity index is 1.57. The molecule has 3 atom stereocenters. The van der Waals surface area contributed by atoms with Gasteiger partial charge in [-0.1, -0.05) is 18.5 Å². The molecule has 1 aliphatic carbocycles. The number of hydrogen-bond donors (Lipinski definition) is 1. The predicted molar refractivity (Wildman–Crippen MR) is 119 cm³/mol. The maximum Gasteiger partial charge on any atom is 0.236 e. The molecule has 2 aromatic rings. The molecule has 0 bridgehead atoms. The lowest BCUT2D eigenvalue weighted by Gasteiger charge is -2.35. The molecule has 4 rings (SSSR count). The fourth-order valence-corrected chi connectivity index (χ4v) is 4.70. The van der Waals surface area contributed by atoms with Crippen molar-refractivity contribution < 1.29 is 28.2 Å². The number of ketones is 2. The van der Waals surface area contributed by atoms with Crippen LogP contribution in [0.4, 0.5) is 0 Å². The number of hydrogen-bond acceptors (Lipinski definition) is 7. The lowest BCUT2D eigenvalue weighted by atomic mass is 9.74. The van der Waals surface area contributed by atoms with Gasteiger partial charge in [-0.3, -0.25) is 9.59 Å². The van der Waals surface area contributed by atoms with Gasteiger partial charge < -0.3 is 23.9 Å². The smallest absolute Gasteiger partial charge is 0.236 e. The van der Waals surface area contributed by atoms with E-state index in [1.54, 1.807) is 6.26 Å². The summed E-state index contributed by atoms with van der Waals surface area (Å²) in [5, 5.41) is 3.54. The molecule has 0 saturated heterocycles. The van der Waals surface area contributed by atoms with Crippen molar-refractivity contribution in [3.8, 4) is 17.2 Å². The van der Waals surface area contributed by atoms with Crippen molar-refractivity contribution >= 4 is 23.2 Å². The van der Waals surface area contributed by atoms with Gasteiger partial charge in [0.15, 0.2) is 5.75 Å². The van der Waals surface area contributed by atoms with Crippen molar-refractivity contribution in [1.29, 1.82) is 0 Å². The molecule has 1 N–H and O–H groups in total. The molecule has 8 heteroatoms. The molecule has 0 saturated carbocycles. The minimum Gasteiger partial charge on any atom is -0.496 e. The fraction of sp³-hybridized carbons (Fsp3) is 0.417. The number of nitrogens with one attached hydrogen (secondary N) is 1. The highest BCUT2D eigenvalue weighted by atomic mass is 35.5. The number of allylic oxidation sites excluding steroid dienone is 1. The topological polar surface area (TPSA) is 87.0 Å². The first-order valence-electron chi connectivity index (χ1n) is 10.5. The van der Waals surface area contributed by atoms with Crippen LogP contribution in [0.2, 0.25) is 5.02 Å². The summed E-state index contributed by atoms with van der Waals surface area (Å²) < 4.78 is 22.1. The van der Waals surface area contributed by atoms with Gasteiger partial charge in [0.05, 0.1) is 20.5 Å². The number of methoxy groups -OCH3 is 2. The van der Waals surface area contributed by atoms with Crippen molar-refractivity contribution in [2.75, 3.05) is 14.2 Å². The average Bonchev–Trinajstić information content (AvgIpc) is 3.39. The first-order chi connectivity index (χ1) is 15.3. The molecule has 0 unspecified atom stereocenters. The number of rotatable bonds is 7. The number of furan rings is 1. The molecule has 170 valence electrons. The number of benzene rings is 1. The quantitative estimate of drug-likeness (QED) is 0.615. The van der Waals surface area contributed by atoms with Gasteiger partial charge in [-0.15, -0.1) is 0 Å². The van der Waals surface area contributed by atoms with E-state index in [-0.39, 0.29) is 28.1 Å². The summed E-state index contributed by atoms with van der Waals surface area (Å²) in [7, 11) is 2.90. The third-order valence-corrected chi connectivity index (χ3v) is 6.50. The Morgan fingerprint density at radius 3 is 2.66 bits per heavy atom. The van der Waals surface area contributed by atoms with Gasteiger partial charge >= 0.3 is 0 Å². The van der Waals surface area contributed by atoms with Gasteiger partial charge in [0.25, 0.3) is 0 Å². The first-order valence-corrected chi connectivity index (χ1v) is 10.9. The molecule has 2 heterocycles. The van der Waals surface area contributed by atoms with E-state index in [1.807, 2.05) is 26.0 Å². The van der Waals surface area contributed by atoms with Crippen LogP contribution >= 0.6 is 11.6 Å². The predicted octanol–water partition coefficient (Wildman–Crippen LogP) is 4.37. The Bertz CT molecular complexity index is 1080. The van der Waals surface area contributed by atoms with Crippen molar-refractivity contribution in [3.05, 3.63) is 52.6 Å². The number of ether oxygens (including phenoxy) is 3. The lowest BCUT2D eigenvalue weighted by molar-refractivity contribution is -0.129. The third kappa shape index (κ3) is 3.54. The molecule has 2 aliphatic rings. The van der Waals surface area contributed by atoms with Crippen LogP contribution in [-0.4, -0.2) is 37.4 Å². The molecule has 0 radical (unpaired) electrons. The minimum absolute atomic E-state index is 0.122. The van der Waals surface area contributed by atoms with E-state index in [2.05, 4.69) is 5.32 Å². The van der Waals surface area contributed by atoms with E-state index < -0.39 is 23.1 Å². The zero-order valence-electron chi connectivity index (χ0n) is 18.5. The molecule has 1 spiro atoms. The van der Waals surface area contributed by atoms with Crippen molar-refractivity contribution in [1.82, 2.24) is 5.32 Å². The zero-order valence-corrected chi connectivity index (χ0v) is 19.2. The molecular formula is C24H26ClNO6. The standard InChI is InChI=1S/C24H26ClNO6/c1-13-10-15(26-14(2)7-8-16-6-5-9-31-16)11-19(27)24(13)23(28)20-17(29-3)12-18(30-4)21(25)22(20)32-24/h5-6,9,11-14,26H,7-8,10H2,1-4H3/t13-,14+,24+/m1/s1. The summed E-state index contributed by atoms with van der Waals surface area (Å²) in [6, 6.07) is 5.46. The van der Waals surface area contributed by atoms with E-state index in [9.17, 15) is 9.59 Å². The van der Waals surface area contributed by atoms with Gasteiger partial charge in [0.1, 0.15) is 27.8 Å². The highest BCUT2D eigenvalue weighted by molar-refractivity contribution is 6.36. The van der Waals surface area contributed by atoms with Gasteiger partial charge in [0, 0.05) is 36.2 Å². The minimum atomic E-state index is -1.66. The Kier molecular flexibility index (Phi) is 5.95. The number of halogens is 1. The molecule has 32 heavy (non-hydrogen) atoms. The SMILES string of the molecule is COc1cc(OC)c2c(c1Cl)O[C@@]1(C(=O)C=C(N[C@@H](C)CCc3ccco3)C[C@H]1C)C2=O. The average molecular weight is 460 g/mol. The van der Waals surface area contributed by atoms with Gasteiger partial charge in [-0.25, -0.2) is 0 Å². The first kappa shape index (κ1) is 22.3. The van der Waals surface area contributed by atoms with E-state index in [4.69, 9.17) is 30.2 Å². The molecule has 1 aliphatic heterocycles. The molecule has 0 amide bonds. The van der Waals surface area contributed by atoms with E-state index in [0.29, 0.717) is 12.2 Å². The molecular weight excluding hydrogens is 434 g/mol. The number of Topliss-reactive ketones (excluding diaryl/α,β-unsaturated/α-hetero) is 1. The van der Waals surface area contributed by atoms with Crippen LogP contribution < -0.4 is 19.5 Å². The molecule has 1 aromatic heterocycles. The van der Waals surface area contributed by atoms with E-state index in [1.165, 1.54) is 26.4 Å². The maximum atomic E-state index is 13.5. The second-order valence-electron chi connectivity index (χ2n) is 8.27. The number of fused-ring (bicyclic) bond motifs is 1. The fourth-order valence-electron chi connectivity index (χ4n) is 4.43. The van der Waals surface area contributed by atoms with Crippen LogP contribution in [0.25, 0.3) is 0 Å². The summed E-state index contributed by atoms with van der Waals surface area (Å²) in [5.74, 6) is 0.372. The van der Waals surface area contributed by atoms with Crippen LogP contribution in [0.5, 0.6) is 17.2 Å². The highest BCUT2D eigenvalue weighted by Gasteiger charge is 2.60. The van der Waals surface area contributed by atoms with Crippen LogP contribution in [0.15, 0.2) is 40.7 Å². The Labute approximate surface area is 191 Å². The zero-order chi connectivity index (χ0) is 23.0. The van der Waals surface area contributed by atoms with Crippen LogP contribution in [0.1, 0.15) is 42.8 Å². The maximum absolute atomic E-state index is 13.5. The van der Waals surface area contributed by atoms with E-state index in [0.717, 1.165) is 24.3 Å². The number of carbonyl (C=O) groups is 2. The van der Waals surface area contributed by atoms with Gasteiger partial charge in [-0.05, 0) is 31.9 Å². The van der Waals surface area contributed by atoms with Crippen molar-refractivity contribution in [2.24, 2.45) is 5.92 Å². The summed E-state index contributed by atoms with van der Waals surface area (Å²) in [5.41, 5.74) is -0.702. The molecule has 1 aromatic carbocycles. The summed E-state index contributed by atoms with van der Waals surface area (Å²) in [6.07, 6.45) is 5.24. The highest BCUT2D eigenvalue weighted by Crippen LogP contribution is 2.52. The Morgan fingerprint density at radius 1 is 1.28 bits per heavy atom. The summed E-state index contributed by atoms with van der Waals surface area (Å²) >= 11 is 6.42. The van der Waals surface area contributed by atoms with Crippen LogP contribution in [0, 0.1) is 5.92 Å². The van der Waals surface area contributed by atoms with Gasteiger partial charge in [0.2, 0.25) is 17.2 Å². The number of carbonyl (C=O) groups excluding carboxylic acids is 2. The molecule has 7 nitrogen and oxygen atoms in total. The van der Waals surface area contributed by atoms with Crippen LogP contribution in [-0.2, 0) is 11.2 Å². The summed E-state index contributed by atoms with van der Waals surface area (Å²) in [4.78, 5) is 26.8. The Morgan fingerprint density at radius 2 is 2.03 bits per heavy atom. The summed E-state index contributed by atoms with van der Waals surface area (Å²) in [6.45, 7) is 3.88. The largest absolute Gasteiger partial charge is 0.496 e.